The van der Waals surface area contributed by atoms with Crippen molar-refractivity contribution >= 4 is 5.57 Å². The van der Waals surface area contributed by atoms with Gasteiger partial charge in [0.15, 0.2) is 0 Å². The fraction of sp³-hybridized carbons (Fsp3) is 0.500. The molecular formula is C16H22. The van der Waals surface area contributed by atoms with Gasteiger partial charge in [0.05, 0.1) is 0 Å². The van der Waals surface area contributed by atoms with Crippen molar-refractivity contribution in [1.82, 2.24) is 0 Å². The minimum atomic E-state index is 0.201. The molecule has 0 aliphatic heterocycles. The molecule has 1 aromatic carbocycles. The molecule has 0 N–H and O–H groups in total. The molecule has 1 aliphatic rings. The zero-order chi connectivity index (χ0) is 12.2. The molecule has 16 heavy (non-hydrogen) atoms. The van der Waals surface area contributed by atoms with Crippen LogP contribution in [0.5, 0.6) is 0 Å². The SMILES string of the molecule is CC1=CC(C)(C)c2c(C)c(C)c(C)c(C)c21. The van der Waals surface area contributed by atoms with E-state index in [1.54, 1.807) is 5.56 Å². The zero-order valence-corrected chi connectivity index (χ0v) is 11.6. The average molecular weight is 214 g/mol. The maximum absolute atomic E-state index is 2.41. The molecule has 0 saturated carbocycles. The molecule has 1 aliphatic carbocycles. The quantitative estimate of drug-likeness (QED) is 0.591. The van der Waals surface area contributed by atoms with Crippen LogP contribution >= 0.6 is 0 Å². The summed E-state index contributed by atoms with van der Waals surface area (Å²) in [5.74, 6) is 0. The first-order valence-corrected chi connectivity index (χ1v) is 6.08. The van der Waals surface area contributed by atoms with Crippen molar-refractivity contribution in [3.8, 4) is 0 Å². The molecule has 0 radical (unpaired) electrons. The Bertz CT molecular complexity index is 500. The minimum Gasteiger partial charge on any atom is -0.0709 e. The van der Waals surface area contributed by atoms with Crippen molar-refractivity contribution in [2.75, 3.05) is 0 Å². The maximum atomic E-state index is 2.41. The molecule has 0 heteroatoms. The summed E-state index contributed by atoms with van der Waals surface area (Å²) in [6, 6.07) is 0. The van der Waals surface area contributed by atoms with Gasteiger partial charge >= 0.3 is 0 Å². The summed E-state index contributed by atoms with van der Waals surface area (Å²) in [7, 11) is 0. The van der Waals surface area contributed by atoms with Gasteiger partial charge in [-0.15, -0.1) is 0 Å². The number of hydrogen-bond acceptors (Lipinski definition) is 0. The van der Waals surface area contributed by atoms with Gasteiger partial charge in [-0.25, -0.2) is 0 Å². The van der Waals surface area contributed by atoms with Crippen LogP contribution in [0.3, 0.4) is 0 Å². The van der Waals surface area contributed by atoms with E-state index in [1.807, 2.05) is 0 Å². The fourth-order valence-corrected chi connectivity index (χ4v) is 3.30. The predicted octanol–water partition coefficient (Wildman–Crippen LogP) is 4.61. The molecule has 0 spiro atoms. The molecule has 2 rings (SSSR count). The number of fused-ring (bicyclic) bond motifs is 1. The zero-order valence-electron chi connectivity index (χ0n) is 11.6. The summed E-state index contributed by atoms with van der Waals surface area (Å²) >= 11 is 0. The Morgan fingerprint density at radius 2 is 1.25 bits per heavy atom. The number of benzene rings is 1. The van der Waals surface area contributed by atoms with Crippen molar-refractivity contribution in [3.05, 3.63) is 39.5 Å². The molecule has 0 fully saturated rings. The normalized spacial score (nSPS) is 17.3. The van der Waals surface area contributed by atoms with Gasteiger partial charge in [-0.3, -0.25) is 0 Å². The van der Waals surface area contributed by atoms with Gasteiger partial charge in [0.25, 0.3) is 0 Å². The Morgan fingerprint density at radius 1 is 0.750 bits per heavy atom. The predicted molar refractivity (Wildman–Crippen MR) is 72.1 cm³/mol. The Kier molecular flexibility index (Phi) is 2.31. The second kappa shape index (κ2) is 3.23. The Hall–Kier alpha value is -1.04. The van der Waals surface area contributed by atoms with Crippen LogP contribution < -0.4 is 0 Å². The van der Waals surface area contributed by atoms with E-state index in [9.17, 15) is 0 Å². The summed E-state index contributed by atoms with van der Waals surface area (Å²) < 4.78 is 0. The minimum absolute atomic E-state index is 0.201. The molecule has 0 atom stereocenters. The lowest BCUT2D eigenvalue weighted by atomic mass is 9.80. The van der Waals surface area contributed by atoms with Gasteiger partial charge in [0, 0.05) is 5.41 Å². The lowest BCUT2D eigenvalue weighted by Gasteiger charge is -2.24. The Balaban J connectivity index is 2.92. The van der Waals surface area contributed by atoms with Crippen LogP contribution in [0, 0.1) is 27.7 Å². The van der Waals surface area contributed by atoms with Gasteiger partial charge in [-0.2, -0.15) is 0 Å². The molecular weight excluding hydrogens is 192 g/mol. The van der Waals surface area contributed by atoms with Gasteiger partial charge in [-0.05, 0) is 73.6 Å². The molecule has 0 amide bonds. The number of rotatable bonds is 0. The monoisotopic (exact) mass is 214 g/mol. The van der Waals surface area contributed by atoms with E-state index in [4.69, 9.17) is 0 Å². The lowest BCUT2D eigenvalue weighted by molar-refractivity contribution is 0.675. The summed E-state index contributed by atoms with van der Waals surface area (Å²) in [6.45, 7) is 15.9. The molecule has 86 valence electrons. The highest BCUT2D eigenvalue weighted by molar-refractivity contribution is 5.80. The molecule has 0 saturated heterocycles. The van der Waals surface area contributed by atoms with Gasteiger partial charge in [0.1, 0.15) is 0 Å². The van der Waals surface area contributed by atoms with Gasteiger partial charge in [0.2, 0.25) is 0 Å². The van der Waals surface area contributed by atoms with Crippen molar-refractivity contribution < 1.29 is 0 Å². The average Bonchev–Trinajstić information content (AvgIpc) is 2.42. The summed E-state index contributed by atoms with van der Waals surface area (Å²) in [6.07, 6.45) is 2.41. The largest absolute Gasteiger partial charge is 0.0709 e. The first-order valence-electron chi connectivity index (χ1n) is 6.08. The Labute approximate surface area is 99.4 Å². The third kappa shape index (κ3) is 1.29. The molecule has 0 nitrogen and oxygen atoms in total. The first-order chi connectivity index (χ1) is 7.27. The van der Waals surface area contributed by atoms with Crippen molar-refractivity contribution in [2.45, 2.75) is 53.9 Å². The lowest BCUT2D eigenvalue weighted by Crippen LogP contribution is -2.15. The highest BCUT2D eigenvalue weighted by Gasteiger charge is 2.32. The maximum Gasteiger partial charge on any atom is 0.00900 e. The molecule has 0 aromatic heterocycles. The summed E-state index contributed by atoms with van der Waals surface area (Å²) in [5.41, 5.74) is 10.6. The molecule has 1 aromatic rings. The summed E-state index contributed by atoms with van der Waals surface area (Å²) in [5, 5.41) is 0. The van der Waals surface area contributed by atoms with Crippen LogP contribution in [-0.2, 0) is 5.41 Å². The van der Waals surface area contributed by atoms with E-state index < -0.39 is 0 Å². The van der Waals surface area contributed by atoms with Crippen LogP contribution in [0.15, 0.2) is 6.08 Å². The second-order valence-corrected chi connectivity index (χ2v) is 5.80. The van der Waals surface area contributed by atoms with E-state index in [-0.39, 0.29) is 5.41 Å². The number of allylic oxidation sites excluding steroid dienone is 2. The Morgan fingerprint density at radius 3 is 1.81 bits per heavy atom. The van der Waals surface area contributed by atoms with E-state index in [2.05, 4.69) is 54.5 Å². The molecule has 0 bridgehead atoms. The van der Waals surface area contributed by atoms with Crippen molar-refractivity contribution in [1.29, 1.82) is 0 Å². The third-order valence-corrected chi connectivity index (χ3v) is 4.30. The van der Waals surface area contributed by atoms with Gasteiger partial charge in [-0.1, -0.05) is 19.9 Å². The van der Waals surface area contributed by atoms with Crippen molar-refractivity contribution in [2.24, 2.45) is 0 Å². The van der Waals surface area contributed by atoms with E-state index >= 15 is 0 Å². The van der Waals surface area contributed by atoms with Crippen LogP contribution in [0.1, 0.15) is 54.2 Å². The standard InChI is InChI=1S/C16H22/c1-9-8-16(6,7)15-13(5)11(3)10(2)12(4)14(9)15/h8H,1-7H3. The van der Waals surface area contributed by atoms with Crippen LogP contribution in [0.2, 0.25) is 0 Å². The van der Waals surface area contributed by atoms with E-state index in [0.717, 1.165) is 0 Å². The highest BCUT2D eigenvalue weighted by Crippen LogP contribution is 2.45. The summed E-state index contributed by atoms with van der Waals surface area (Å²) in [4.78, 5) is 0. The van der Waals surface area contributed by atoms with Crippen LogP contribution in [0.25, 0.3) is 5.57 Å². The number of hydrogen-bond donors (Lipinski definition) is 0. The highest BCUT2D eigenvalue weighted by atomic mass is 14.4. The fourth-order valence-electron chi connectivity index (χ4n) is 3.30. The smallest absolute Gasteiger partial charge is 0.00900 e. The topological polar surface area (TPSA) is 0 Å². The first kappa shape index (κ1) is 11.4. The van der Waals surface area contributed by atoms with E-state index in [1.165, 1.54) is 33.4 Å². The van der Waals surface area contributed by atoms with Crippen LogP contribution in [-0.4, -0.2) is 0 Å². The van der Waals surface area contributed by atoms with Crippen LogP contribution in [0.4, 0.5) is 0 Å². The third-order valence-electron chi connectivity index (χ3n) is 4.30. The molecule has 0 unspecified atom stereocenters. The van der Waals surface area contributed by atoms with Gasteiger partial charge < -0.3 is 0 Å². The van der Waals surface area contributed by atoms with E-state index in [0.29, 0.717) is 0 Å². The van der Waals surface area contributed by atoms with Crippen molar-refractivity contribution in [3.63, 3.8) is 0 Å². The molecule has 0 heterocycles. The second-order valence-electron chi connectivity index (χ2n) is 5.80.